The van der Waals surface area contributed by atoms with E-state index in [2.05, 4.69) is 10.4 Å². The average molecular weight is 357 g/mol. The molecule has 0 radical (unpaired) electrons. The minimum Gasteiger partial charge on any atom is -0.344 e. The Morgan fingerprint density at radius 2 is 2.26 bits per heavy atom. The van der Waals surface area contributed by atoms with E-state index in [4.69, 9.17) is 11.6 Å². The Morgan fingerprint density at radius 1 is 1.52 bits per heavy atom. The predicted molar refractivity (Wildman–Crippen MR) is 85.0 cm³/mol. The average Bonchev–Trinajstić information content (AvgIpc) is 3.12. The zero-order chi connectivity index (χ0) is 16.7. The van der Waals surface area contributed by atoms with E-state index in [-0.39, 0.29) is 11.6 Å². The second-order valence-electron chi connectivity index (χ2n) is 5.42. The maximum atomic E-state index is 13.5. The number of nitrogens with one attached hydrogen (secondary N) is 1. The number of aromatic nitrogens is 2. The summed E-state index contributed by atoms with van der Waals surface area (Å²) in [4.78, 5) is 26.3. The summed E-state index contributed by atoms with van der Waals surface area (Å²) in [6, 6.07) is 3.11. The van der Waals surface area contributed by atoms with E-state index in [0.717, 1.165) is 11.3 Å². The molecule has 23 heavy (non-hydrogen) atoms. The van der Waals surface area contributed by atoms with E-state index < -0.39 is 22.9 Å². The van der Waals surface area contributed by atoms with Crippen molar-refractivity contribution < 1.29 is 14.0 Å². The molecule has 0 aliphatic carbocycles. The molecular weight excluding hydrogens is 343 g/mol. The van der Waals surface area contributed by atoms with Crippen molar-refractivity contribution in [1.82, 2.24) is 14.7 Å². The van der Waals surface area contributed by atoms with Crippen LogP contribution in [0.25, 0.3) is 0 Å². The van der Waals surface area contributed by atoms with Gasteiger partial charge in [-0.05, 0) is 17.5 Å². The molecule has 2 atom stereocenters. The number of thiophene rings is 1. The molecule has 1 saturated heterocycles. The predicted octanol–water partition coefficient (Wildman–Crippen LogP) is 2.08. The molecule has 0 bridgehead atoms. The van der Waals surface area contributed by atoms with Gasteiger partial charge in [0.1, 0.15) is 11.1 Å². The highest BCUT2D eigenvalue weighted by molar-refractivity contribution is 7.08. The van der Waals surface area contributed by atoms with Crippen molar-refractivity contribution in [2.45, 2.75) is 5.92 Å². The molecule has 2 aromatic heterocycles. The fraction of sp³-hybridized carbons (Fsp3) is 0.357. The van der Waals surface area contributed by atoms with Crippen molar-refractivity contribution >= 4 is 40.4 Å². The molecule has 1 N–H and O–H groups in total. The number of rotatable bonds is 3. The van der Waals surface area contributed by atoms with Crippen molar-refractivity contribution in [3.63, 3.8) is 0 Å². The van der Waals surface area contributed by atoms with Gasteiger partial charge in [-0.15, -0.1) is 11.3 Å². The number of carbonyl (C=O) groups is 2. The topological polar surface area (TPSA) is 67.2 Å². The fourth-order valence-electron chi connectivity index (χ4n) is 2.70. The molecular formula is C14H14ClFN4O2S. The van der Waals surface area contributed by atoms with Crippen molar-refractivity contribution in [2.75, 3.05) is 18.9 Å². The molecule has 1 fully saturated rings. The lowest BCUT2D eigenvalue weighted by Crippen LogP contribution is -2.32. The maximum Gasteiger partial charge on any atom is 0.237 e. The smallest absolute Gasteiger partial charge is 0.237 e. The van der Waals surface area contributed by atoms with Gasteiger partial charge in [0.15, 0.2) is 5.13 Å². The number of carbonyl (C=O) groups excluding carboxylic acids is 2. The zero-order valence-corrected chi connectivity index (χ0v) is 14.0. The van der Waals surface area contributed by atoms with Crippen LogP contribution in [0.3, 0.4) is 0 Å². The van der Waals surface area contributed by atoms with Crippen molar-refractivity contribution in [3.05, 3.63) is 33.5 Å². The molecule has 0 unspecified atom stereocenters. The Bertz CT molecular complexity index is 755. The van der Waals surface area contributed by atoms with E-state index in [1.165, 1.54) is 21.0 Å². The minimum atomic E-state index is -0.953. The Morgan fingerprint density at radius 3 is 2.83 bits per heavy atom. The van der Waals surface area contributed by atoms with Crippen LogP contribution in [-0.2, 0) is 16.6 Å². The highest BCUT2D eigenvalue weighted by Crippen LogP contribution is 2.34. The van der Waals surface area contributed by atoms with E-state index in [9.17, 15) is 14.0 Å². The first-order chi connectivity index (χ1) is 10.9. The third kappa shape index (κ3) is 2.84. The summed E-state index contributed by atoms with van der Waals surface area (Å²) in [5.74, 6) is -2.23. The largest absolute Gasteiger partial charge is 0.344 e. The van der Waals surface area contributed by atoms with Crippen LogP contribution in [0.2, 0.25) is 5.15 Å². The van der Waals surface area contributed by atoms with Crippen molar-refractivity contribution in [1.29, 1.82) is 0 Å². The quantitative estimate of drug-likeness (QED) is 0.856. The number of hydrogen-bond donors (Lipinski definition) is 1. The number of hydrogen-bond acceptors (Lipinski definition) is 4. The molecule has 122 valence electrons. The van der Waals surface area contributed by atoms with Gasteiger partial charge in [0.25, 0.3) is 0 Å². The molecule has 1 aliphatic rings. The highest BCUT2D eigenvalue weighted by Gasteiger charge is 2.45. The van der Waals surface area contributed by atoms with Crippen LogP contribution in [-0.4, -0.2) is 40.1 Å². The van der Waals surface area contributed by atoms with Gasteiger partial charge < -0.3 is 10.2 Å². The Kier molecular flexibility index (Phi) is 4.11. The third-order valence-corrected chi connectivity index (χ3v) is 4.95. The summed E-state index contributed by atoms with van der Waals surface area (Å²) in [7, 11) is 3.31. The summed E-state index contributed by atoms with van der Waals surface area (Å²) in [6.07, 6.45) is 0. The van der Waals surface area contributed by atoms with Crippen LogP contribution in [0.4, 0.5) is 10.1 Å². The van der Waals surface area contributed by atoms with Gasteiger partial charge in [-0.2, -0.15) is 9.49 Å². The number of nitrogens with zero attached hydrogens (tertiary/aromatic N) is 3. The molecule has 2 amide bonds. The normalized spacial score (nSPS) is 21.0. The number of aryl methyl sites for hydroxylation is 1. The molecule has 2 aromatic rings. The number of likely N-dealkylation sites (tertiary alicyclic amines) is 1. The number of halogens is 2. The monoisotopic (exact) mass is 356 g/mol. The van der Waals surface area contributed by atoms with Gasteiger partial charge in [-0.25, -0.2) is 0 Å². The highest BCUT2D eigenvalue weighted by atomic mass is 35.5. The summed E-state index contributed by atoms with van der Waals surface area (Å²) in [6.45, 7) is 0.358. The molecule has 9 heteroatoms. The Labute approximate surface area is 140 Å². The lowest BCUT2D eigenvalue weighted by molar-refractivity contribution is -0.135. The molecule has 0 saturated carbocycles. The Hall–Kier alpha value is -1.93. The summed E-state index contributed by atoms with van der Waals surface area (Å²) in [5, 5.41) is 8.21. The summed E-state index contributed by atoms with van der Waals surface area (Å²) < 4.78 is 15.0. The number of anilines is 1. The first kappa shape index (κ1) is 15.9. The Balaban J connectivity index is 1.88. The molecule has 0 aromatic carbocycles. The van der Waals surface area contributed by atoms with Crippen LogP contribution in [0, 0.1) is 11.0 Å². The van der Waals surface area contributed by atoms with Gasteiger partial charge >= 0.3 is 0 Å². The first-order valence-electron chi connectivity index (χ1n) is 6.86. The molecule has 3 rings (SSSR count). The molecule has 1 aliphatic heterocycles. The van der Waals surface area contributed by atoms with Crippen molar-refractivity contribution in [2.24, 2.45) is 13.0 Å². The van der Waals surface area contributed by atoms with Crippen LogP contribution in [0.1, 0.15) is 11.6 Å². The summed E-state index contributed by atoms with van der Waals surface area (Å²) in [5.41, 5.74) is 0.654. The molecule has 3 heterocycles. The van der Waals surface area contributed by atoms with Crippen LogP contribution in [0.15, 0.2) is 17.5 Å². The van der Waals surface area contributed by atoms with Crippen LogP contribution in [0.5, 0.6) is 0 Å². The van der Waals surface area contributed by atoms with E-state index in [0.29, 0.717) is 17.4 Å². The fourth-order valence-corrected chi connectivity index (χ4v) is 3.42. The first-order valence-corrected chi connectivity index (χ1v) is 8.12. The zero-order valence-electron chi connectivity index (χ0n) is 12.4. The van der Waals surface area contributed by atoms with Gasteiger partial charge in [0.05, 0.1) is 11.4 Å². The minimum absolute atomic E-state index is 0.0835. The maximum absolute atomic E-state index is 13.5. The second kappa shape index (κ2) is 5.93. The van der Waals surface area contributed by atoms with Gasteiger partial charge in [-0.3, -0.25) is 14.3 Å². The van der Waals surface area contributed by atoms with E-state index >= 15 is 0 Å². The lowest BCUT2D eigenvalue weighted by Gasteiger charge is -2.14. The second-order valence-corrected chi connectivity index (χ2v) is 6.67. The van der Waals surface area contributed by atoms with Gasteiger partial charge in [-0.1, -0.05) is 11.6 Å². The standard InChI is InChI=1S/C14H14ClFN4O2S/c1-19-6-7(9-5-10(15)20(2)18-9)11(14(19)22)13(21)17-8-3-4-23-12(8)16/h3-5,7,11H,6H2,1-2H3,(H,17,21)/t7-,11+/m1/s1. The number of likely N-dealkylation sites (N-methyl/N-ethyl adjacent to an activating group) is 1. The van der Waals surface area contributed by atoms with Gasteiger partial charge in [0.2, 0.25) is 11.8 Å². The van der Waals surface area contributed by atoms with Gasteiger partial charge in [0, 0.05) is 26.6 Å². The number of amides is 2. The van der Waals surface area contributed by atoms with Crippen LogP contribution >= 0.6 is 22.9 Å². The third-order valence-electron chi connectivity index (χ3n) is 3.90. The van der Waals surface area contributed by atoms with Crippen LogP contribution < -0.4 is 5.32 Å². The summed E-state index contributed by atoms with van der Waals surface area (Å²) >= 11 is 6.88. The van der Waals surface area contributed by atoms with E-state index in [1.54, 1.807) is 20.2 Å². The molecule has 0 spiro atoms. The lowest BCUT2D eigenvalue weighted by atomic mass is 9.91. The SMILES string of the molecule is CN1C[C@H](c2cc(Cl)n(C)n2)[C@@H](C(=O)Nc2ccsc2F)C1=O. The molecule has 6 nitrogen and oxygen atoms in total. The van der Waals surface area contributed by atoms with E-state index in [1.807, 2.05) is 0 Å². The van der Waals surface area contributed by atoms with Crippen molar-refractivity contribution in [3.8, 4) is 0 Å².